The third kappa shape index (κ3) is 4.08. The van der Waals surface area contributed by atoms with Crippen molar-refractivity contribution in [2.24, 2.45) is 0 Å². The van der Waals surface area contributed by atoms with Gasteiger partial charge in [-0.25, -0.2) is 0 Å². The maximum Gasteiger partial charge on any atom is 0.305 e. The number of benzene rings is 1. The lowest BCUT2D eigenvalue weighted by atomic mass is 10.2. The van der Waals surface area contributed by atoms with Gasteiger partial charge in [0.25, 0.3) is 5.91 Å². The van der Waals surface area contributed by atoms with Crippen molar-refractivity contribution in [2.45, 2.75) is 6.42 Å². The summed E-state index contributed by atoms with van der Waals surface area (Å²) in [6.07, 6.45) is -0.125. The number of carbonyl (C=O) groups is 2. The van der Waals surface area contributed by atoms with Crippen LogP contribution in [-0.4, -0.2) is 23.5 Å². The van der Waals surface area contributed by atoms with Gasteiger partial charge >= 0.3 is 5.97 Å². The first-order valence-electron chi connectivity index (χ1n) is 4.45. The van der Waals surface area contributed by atoms with Crippen molar-refractivity contribution in [2.75, 3.05) is 6.54 Å². The summed E-state index contributed by atoms with van der Waals surface area (Å²) < 4.78 is 0. The molecule has 4 nitrogen and oxygen atoms in total. The lowest BCUT2D eigenvalue weighted by Gasteiger charge is -2.04. The zero-order chi connectivity index (χ0) is 12.1. The van der Waals surface area contributed by atoms with E-state index in [1.807, 2.05) is 0 Å². The first-order valence-corrected chi connectivity index (χ1v) is 5.20. The molecule has 0 saturated heterocycles. The number of aliphatic carboxylic acids is 1. The molecule has 0 radical (unpaired) electrons. The Morgan fingerprint density at radius 1 is 1.19 bits per heavy atom. The van der Waals surface area contributed by atoms with Gasteiger partial charge in [-0.3, -0.25) is 9.59 Å². The number of halogens is 2. The van der Waals surface area contributed by atoms with E-state index in [4.69, 9.17) is 28.3 Å². The zero-order valence-electron chi connectivity index (χ0n) is 8.17. The molecule has 0 spiro atoms. The van der Waals surface area contributed by atoms with E-state index >= 15 is 0 Å². The summed E-state index contributed by atoms with van der Waals surface area (Å²) in [6, 6.07) is 4.43. The van der Waals surface area contributed by atoms with Crippen molar-refractivity contribution in [3.05, 3.63) is 33.8 Å². The van der Waals surface area contributed by atoms with Gasteiger partial charge in [-0.1, -0.05) is 23.2 Å². The average Bonchev–Trinajstić information content (AvgIpc) is 2.15. The molecule has 0 aromatic heterocycles. The van der Waals surface area contributed by atoms with Crippen LogP contribution in [-0.2, 0) is 4.79 Å². The number of nitrogens with one attached hydrogen (secondary N) is 1. The average molecular weight is 262 g/mol. The van der Waals surface area contributed by atoms with Gasteiger partial charge < -0.3 is 10.4 Å². The van der Waals surface area contributed by atoms with Gasteiger partial charge in [0.2, 0.25) is 0 Å². The van der Waals surface area contributed by atoms with Gasteiger partial charge in [0.15, 0.2) is 0 Å². The second-order valence-corrected chi connectivity index (χ2v) is 3.93. The van der Waals surface area contributed by atoms with E-state index in [0.717, 1.165) is 0 Å². The summed E-state index contributed by atoms with van der Waals surface area (Å²) in [5.74, 6) is -1.37. The minimum absolute atomic E-state index is 0.0678. The van der Waals surface area contributed by atoms with Crippen LogP contribution in [0.4, 0.5) is 0 Å². The Hall–Kier alpha value is -1.26. The largest absolute Gasteiger partial charge is 0.481 e. The van der Waals surface area contributed by atoms with E-state index in [9.17, 15) is 9.59 Å². The number of carboxylic acids is 1. The Morgan fingerprint density at radius 3 is 2.25 bits per heavy atom. The number of rotatable bonds is 4. The normalized spacial score (nSPS) is 9.88. The highest BCUT2D eigenvalue weighted by molar-refractivity contribution is 6.35. The molecule has 0 saturated carbocycles. The lowest BCUT2D eigenvalue weighted by Crippen LogP contribution is -2.25. The summed E-state index contributed by atoms with van der Waals surface area (Å²) in [5, 5.41) is 11.6. The molecule has 16 heavy (non-hydrogen) atoms. The van der Waals surface area contributed by atoms with Crippen molar-refractivity contribution in [3.8, 4) is 0 Å². The molecule has 0 bridgehead atoms. The Morgan fingerprint density at radius 2 is 1.75 bits per heavy atom. The Bertz CT molecular complexity index is 400. The van der Waals surface area contributed by atoms with Crippen LogP contribution in [0.15, 0.2) is 18.2 Å². The summed E-state index contributed by atoms with van der Waals surface area (Å²) in [7, 11) is 0. The Balaban J connectivity index is 2.62. The summed E-state index contributed by atoms with van der Waals surface area (Å²) >= 11 is 11.4. The Kier molecular flexibility index (Phi) is 4.58. The van der Waals surface area contributed by atoms with Crippen LogP contribution in [0.25, 0.3) is 0 Å². The summed E-state index contributed by atoms with van der Waals surface area (Å²) in [4.78, 5) is 21.7. The van der Waals surface area contributed by atoms with E-state index in [1.165, 1.54) is 18.2 Å². The highest BCUT2D eigenvalue weighted by atomic mass is 35.5. The number of amides is 1. The van der Waals surface area contributed by atoms with Crippen LogP contribution < -0.4 is 5.32 Å². The molecular weight excluding hydrogens is 253 g/mol. The molecule has 1 rings (SSSR count). The number of carboxylic acid groups (broad SMARTS) is 1. The van der Waals surface area contributed by atoms with Crippen molar-refractivity contribution >= 4 is 35.1 Å². The molecule has 1 aromatic carbocycles. The van der Waals surface area contributed by atoms with Gasteiger partial charge in [-0.2, -0.15) is 0 Å². The molecule has 6 heteroatoms. The molecule has 0 fully saturated rings. The highest BCUT2D eigenvalue weighted by Gasteiger charge is 2.07. The van der Waals surface area contributed by atoms with Crippen molar-refractivity contribution in [1.29, 1.82) is 0 Å². The third-order valence-corrected chi connectivity index (χ3v) is 2.19. The van der Waals surface area contributed by atoms with E-state index in [2.05, 4.69) is 5.32 Å². The SMILES string of the molecule is O=C(O)CCNC(=O)c1cc(Cl)cc(Cl)c1. The number of hydrogen-bond donors (Lipinski definition) is 2. The molecule has 0 aliphatic carbocycles. The van der Waals surface area contributed by atoms with Gasteiger partial charge in [0.1, 0.15) is 0 Å². The predicted molar refractivity (Wildman–Crippen MR) is 61.0 cm³/mol. The van der Waals surface area contributed by atoms with Crippen molar-refractivity contribution in [3.63, 3.8) is 0 Å². The smallest absolute Gasteiger partial charge is 0.305 e. The van der Waals surface area contributed by atoms with Crippen molar-refractivity contribution < 1.29 is 14.7 Å². The molecule has 0 heterocycles. The molecule has 86 valence electrons. The van der Waals surface area contributed by atoms with E-state index in [-0.39, 0.29) is 13.0 Å². The fraction of sp³-hybridized carbons (Fsp3) is 0.200. The summed E-state index contributed by atoms with van der Waals surface area (Å²) in [5.41, 5.74) is 0.308. The minimum atomic E-state index is -0.968. The first-order chi connectivity index (χ1) is 7.49. The maximum atomic E-state index is 11.5. The van der Waals surface area contributed by atoms with Gasteiger partial charge in [0, 0.05) is 22.2 Å². The first kappa shape index (κ1) is 12.8. The van der Waals surface area contributed by atoms with E-state index in [0.29, 0.717) is 15.6 Å². The molecule has 0 atom stereocenters. The number of carbonyl (C=O) groups excluding carboxylic acids is 1. The molecule has 0 unspecified atom stereocenters. The fourth-order valence-corrected chi connectivity index (χ4v) is 1.60. The molecule has 0 aliphatic rings. The van der Waals surface area contributed by atoms with Crippen LogP contribution in [0.3, 0.4) is 0 Å². The van der Waals surface area contributed by atoms with Crippen LogP contribution >= 0.6 is 23.2 Å². The van der Waals surface area contributed by atoms with Gasteiger partial charge in [-0.05, 0) is 18.2 Å². The molecular formula is C10H9Cl2NO3. The van der Waals surface area contributed by atoms with Crippen molar-refractivity contribution in [1.82, 2.24) is 5.32 Å². The van der Waals surface area contributed by atoms with Gasteiger partial charge in [-0.15, -0.1) is 0 Å². The molecule has 1 aromatic rings. The topological polar surface area (TPSA) is 66.4 Å². The predicted octanol–water partition coefficient (Wildman–Crippen LogP) is 2.20. The molecule has 2 N–H and O–H groups in total. The third-order valence-electron chi connectivity index (χ3n) is 1.75. The zero-order valence-corrected chi connectivity index (χ0v) is 9.68. The van der Waals surface area contributed by atoms with Crippen LogP contribution in [0.2, 0.25) is 10.0 Å². The number of hydrogen-bond acceptors (Lipinski definition) is 2. The van der Waals surface area contributed by atoms with Gasteiger partial charge in [0.05, 0.1) is 6.42 Å². The van der Waals surface area contributed by atoms with Crippen LogP contribution in [0, 0.1) is 0 Å². The second kappa shape index (κ2) is 5.72. The minimum Gasteiger partial charge on any atom is -0.481 e. The van der Waals surface area contributed by atoms with Crippen LogP contribution in [0.5, 0.6) is 0 Å². The van der Waals surface area contributed by atoms with E-state index in [1.54, 1.807) is 0 Å². The fourth-order valence-electron chi connectivity index (χ4n) is 1.07. The lowest BCUT2D eigenvalue weighted by molar-refractivity contribution is -0.136. The Labute approximate surface area is 102 Å². The van der Waals surface area contributed by atoms with Crippen LogP contribution in [0.1, 0.15) is 16.8 Å². The monoisotopic (exact) mass is 261 g/mol. The highest BCUT2D eigenvalue weighted by Crippen LogP contribution is 2.18. The second-order valence-electron chi connectivity index (χ2n) is 3.06. The molecule has 0 aliphatic heterocycles. The molecule has 1 amide bonds. The maximum absolute atomic E-state index is 11.5. The standard InChI is InChI=1S/C10H9Cl2NO3/c11-7-3-6(4-8(12)5-7)10(16)13-2-1-9(14)15/h3-5H,1-2H2,(H,13,16)(H,14,15). The van der Waals surface area contributed by atoms with E-state index < -0.39 is 11.9 Å². The quantitative estimate of drug-likeness (QED) is 0.874. The summed E-state index contributed by atoms with van der Waals surface area (Å²) in [6.45, 7) is 0.0678.